The lowest BCUT2D eigenvalue weighted by Crippen LogP contribution is -2.64. The first-order valence-electron chi connectivity index (χ1n) is 24.1. The van der Waals surface area contributed by atoms with Gasteiger partial charge in [-0.15, -0.1) is 0 Å². The third kappa shape index (κ3) is 31.2. The molecule has 63 heavy (non-hydrogen) atoms. The van der Waals surface area contributed by atoms with E-state index in [1.807, 2.05) is 6.08 Å². The summed E-state index contributed by atoms with van der Waals surface area (Å²) in [4.78, 5) is 35.7. The second-order valence-electron chi connectivity index (χ2n) is 16.6. The van der Waals surface area contributed by atoms with Gasteiger partial charge in [-0.25, -0.2) is 4.57 Å². The number of allylic oxidation sites excluding steroid dienone is 10. The Kier molecular flexibility index (Phi) is 36.1. The lowest BCUT2D eigenvalue weighted by atomic mass is 9.85. The maximum absolute atomic E-state index is 12.8. The molecule has 1 fully saturated rings. The Hall–Kier alpha value is -2.45. The molecule has 1 rings (SSSR count). The number of phosphoric acid groups is 1. The van der Waals surface area contributed by atoms with Gasteiger partial charge in [-0.2, -0.15) is 0 Å². The van der Waals surface area contributed by atoms with Crippen molar-refractivity contribution in [2.24, 2.45) is 0 Å². The summed E-state index contributed by atoms with van der Waals surface area (Å²) < 4.78 is 33.5. The van der Waals surface area contributed by atoms with Gasteiger partial charge in [0.25, 0.3) is 0 Å². The van der Waals surface area contributed by atoms with Crippen molar-refractivity contribution in [1.29, 1.82) is 0 Å². The van der Waals surface area contributed by atoms with Crippen LogP contribution in [0.15, 0.2) is 60.8 Å². The molecule has 0 aromatic carbocycles. The molecule has 0 aliphatic heterocycles. The van der Waals surface area contributed by atoms with Gasteiger partial charge in [0, 0.05) is 12.8 Å². The molecule has 6 unspecified atom stereocenters. The fourth-order valence-corrected chi connectivity index (χ4v) is 7.95. The van der Waals surface area contributed by atoms with Crippen LogP contribution < -0.4 is 0 Å². The molecule has 14 heteroatoms. The van der Waals surface area contributed by atoms with Crippen LogP contribution in [0.5, 0.6) is 0 Å². The average molecular weight is 913 g/mol. The summed E-state index contributed by atoms with van der Waals surface area (Å²) in [5, 5.41) is 50.2. The first kappa shape index (κ1) is 58.6. The quantitative estimate of drug-likeness (QED) is 0.0147. The average Bonchev–Trinajstić information content (AvgIpc) is 3.26. The van der Waals surface area contributed by atoms with E-state index in [4.69, 9.17) is 18.5 Å². The maximum atomic E-state index is 12.8. The van der Waals surface area contributed by atoms with Gasteiger partial charge in [0.2, 0.25) is 0 Å². The molecule has 0 amide bonds. The van der Waals surface area contributed by atoms with E-state index < -0.39 is 75.7 Å². The molecule has 1 saturated carbocycles. The Balaban J connectivity index is 2.45. The third-order valence-electron chi connectivity index (χ3n) is 10.8. The van der Waals surface area contributed by atoms with Gasteiger partial charge < -0.3 is 39.9 Å². The van der Waals surface area contributed by atoms with Crippen LogP contribution in [0.25, 0.3) is 0 Å². The van der Waals surface area contributed by atoms with Crippen molar-refractivity contribution in [3.05, 3.63) is 60.8 Å². The van der Waals surface area contributed by atoms with Gasteiger partial charge in [0.05, 0.1) is 6.61 Å². The largest absolute Gasteiger partial charge is 0.472 e. The van der Waals surface area contributed by atoms with Crippen molar-refractivity contribution in [2.45, 2.75) is 224 Å². The van der Waals surface area contributed by atoms with Crippen LogP contribution in [0.3, 0.4) is 0 Å². The number of rotatable bonds is 39. The summed E-state index contributed by atoms with van der Waals surface area (Å²) in [6.07, 6.45) is 34.2. The zero-order valence-corrected chi connectivity index (χ0v) is 39.5. The predicted molar refractivity (Wildman–Crippen MR) is 249 cm³/mol. The van der Waals surface area contributed by atoms with Crippen LogP contribution in [0.4, 0.5) is 0 Å². The van der Waals surface area contributed by atoms with E-state index in [1.165, 1.54) is 70.6 Å². The maximum Gasteiger partial charge on any atom is 0.472 e. The first-order valence-corrected chi connectivity index (χ1v) is 25.6. The van der Waals surface area contributed by atoms with E-state index in [0.717, 1.165) is 70.6 Å². The molecule has 0 spiro atoms. The Morgan fingerprint density at radius 2 is 0.905 bits per heavy atom. The minimum absolute atomic E-state index is 0.0422. The van der Waals surface area contributed by atoms with Gasteiger partial charge in [-0.1, -0.05) is 152 Å². The second kappa shape index (κ2) is 38.8. The normalized spacial score (nSPS) is 22.2. The van der Waals surface area contributed by atoms with Crippen LogP contribution in [0.2, 0.25) is 0 Å². The van der Waals surface area contributed by atoms with Crippen molar-refractivity contribution in [2.75, 3.05) is 13.2 Å². The molecule has 6 atom stereocenters. The molecule has 0 aromatic heterocycles. The molecule has 0 radical (unpaired) electrons. The van der Waals surface area contributed by atoms with Crippen LogP contribution in [-0.2, 0) is 32.7 Å². The summed E-state index contributed by atoms with van der Waals surface area (Å²) in [5.41, 5.74) is 0. The molecule has 0 aromatic rings. The highest BCUT2D eigenvalue weighted by molar-refractivity contribution is 7.47. The zero-order chi connectivity index (χ0) is 46.4. The molecule has 1 aliphatic rings. The lowest BCUT2D eigenvalue weighted by molar-refractivity contribution is -0.220. The Bertz CT molecular complexity index is 1330. The Labute approximate surface area is 379 Å². The number of carbonyl (C=O) groups is 2. The molecular formula is C49H85O13P. The Morgan fingerprint density at radius 3 is 1.43 bits per heavy atom. The summed E-state index contributed by atoms with van der Waals surface area (Å²) in [5.74, 6) is -1.15. The predicted octanol–water partition coefficient (Wildman–Crippen LogP) is 9.73. The minimum atomic E-state index is -5.13. The molecule has 0 saturated heterocycles. The third-order valence-corrected chi connectivity index (χ3v) is 11.8. The SMILES string of the molecule is CC/C=C\C/C=C\C/C=C\C/C=C\CCCCC(=O)OC(COC(=O)CCCCCCCCCCC/C=C\CCCCCCCC)COP(=O)(O)OC1C(O)C(O)C(O)C(O)C1O. The molecule has 0 bridgehead atoms. The van der Waals surface area contributed by atoms with Gasteiger partial charge in [-0.05, 0) is 77.0 Å². The zero-order valence-electron chi connectivity index (χ0n) is 38.6. The summed E-state index contributed by atoms with van der Waals surface area (Å²) in [7, 11) is -5.13. The van der Waals surface area contributed by atoms with Gasteiger partial charge in [0.1, 0.15) is 43.2 Å². The van der Waals surface area contributed by atoms with Crippen LogP contribution in [0, 0.1) is 0 Å². The number of unbranched alkanes of at least 4 members (excludes halogenated alkanes) is 17. The lowest BCUT2D eigenvalue weighted by Gasteiger charge is -2.41. The van der Waals surface area contributed by atoms with Gasteiger partial charge in [0.15, 0.2) is 6.10 Å². The number of aliphatic hydroxyl groups excluding tert-OH is 5. The highest BCUT2D eigenvalue weighted by Crippen LogP contribution is 2.47. The smallest absolute Gasteiger partial charge is 0.462 e. The van der Waals surface area contributed by atoms with E-state index in [-0.39, 0.29) is 12.8 Å². The molecule has 1 aliphatic carbocycles. The van der Waals surface area contributed by atoms with Crippen LogP contribution >= 0.6 is 7.82 Å². The van der Waals surface area contributed by atoms with Crippen molar-refractivity contribution in [3.63, 3.8) is 0 Å². The fourth-order valence-electron chi connectivity index (χ4n) is 6.98. The van der Waals surface area contributed by atoms with E-state index in [2.05, 4.69) is 68.5 Å². The fraction of sp³-hybridized carbons (Fsp3) is 0.755. The van der Waals surface area contributed by atoms with E-state index in [9.17, 15) is 44.6 Å². The molecule has 13 nitrogen and oxygen atoms in total. The van der Waals surface area contributed by atoms with Gasteiger partial charge in [-0.3, -0.25) is 18.6 Å². The van der Waals surface area contributed by atoms with Crippen LogP contribution in [0.1, 0.15) is 181 Å². The number of hydrogen-bond donors (Lipinski definition) is 6. The standard InChI is InChI=1S/C49H85O13P/c1-3-5-7-9-11-13-15-17-19-20-21-22-24-25-27-29-31-33-35-37-42(50)59-39-41(40-60-63(57,58)62-49-47(55)45(53)44(52)46(54)48(49)56)61-43(51)38-36-34-32-30-28-26-23-18-16-14-12-10-8-6-4-2/h6,8,12,14,17-19,23,28,30,41,44-49,52-56H,3-5,7,9-11,13,15-16,20-22,24-27,29,31-40H2,1-2H3,(H,57,58)/b8-6-,14-12-,19-17-,23-18-,30-28-. The molecule has 0 heterocycles. The van der Waals surface area contributed by atoms with Crippen molar-refractivity contribution in [1.82, 2.24) is 0 Å². The summed E-state index contributed by atoms with van der Waals surface area (Å²) >= 11 is 0. The monoisotopic (exact) mass is 913 g/mol. The number of ether oxygens (including phenoxy) is 2. The van der Waals surface area contributed by atoms with E-state index in [1.54, 1.807) is 0 Å². The summed E-state index contributed by atoms with van der Waals surface area (Å²) in [6, 6.07) is 0. The van der Waals surface area contributed by atoms with Crippen molar-refractivity contribution in [3.8, 4) is 0 Å². The number of aliphatic hydroxyl groups is 5. The van der Waals surface area contributed by atoms with Crippen LogP contribution in [-0.4, -0.2) is 98.3 Å². The molecule has 6 N–H and O–H groups in total. The second-order valence-corrected chi connectivity index (χ2v) is 18.0. The summed E-state index contributed by atoms with van der Waals surface area (Å²) in [6.45, 7) is 3.15. The highest BCUT2D eigenvalue weighted by atomic mass is 31.2. The number of carbonyl (C=O) groups excluding carboxylic acids is 2. The number of hydrogen-bond acceptors (Lipinski definition) is 12. The van der Waals surface area contributed by atoms with E-state index >= 15 is 0 Å². The highest BCUT2D eigenvalue weighted by Gasteiger charge is 2.51. The topological polar surface area (TPSA) is 210 Å². The number of phosphoric ester groups is 1. The van der Waals surface area contributed by atoms with Crippen molar-refractivity contribution >= 4 is 19.8 Å². The molecule has 364 valence electrons. The number of esters is 2. The Morgan fingerprint density at radius 1 is 0.508 bits per heavy atom. The molecular weight excluding hydrogens is 828 g/mol. The van der Waals surface area contributed by atoms with Gasteiger partial charge >= 0.3 is 19.8 Å². The first-order chi connectivity index (χ1) is 30.4. The van der Waals surface area contributed by atoms with E-state index in [0.29, 0.717) is 12.8 Å². The van der Waals surface area contributed by atoms with Crippen molar-refractivity contribution < 1.29 is 63.1 Å². The minimum Gasteiger partial charge on any atom is -0.462 e.